The van der Waals surface area contributed by atoms with Crippen LogP contribution in [0.3, 0.4) is 0 Å². The Morgan fingerprint density at radius 1 is 1.00 bits per heavy atom. The van der Waals surface area contributed by atoms with Crippen LogP contribution in [-0.2, 0) is 11.3 Å². The van der Waals surface area contributed by atoms with Gasteiger partial charge in [-0.1, -0.05) is 18.2 Å². The van der Waals surface area contributed by atoms with E-state index in [1.165, 1.54) is 14.2 Å². The van der Waals surface area contributed by atoms with Gasteiger partial charge in [-0.15, -0.1) is 0 Å². The van der Waals surface area contributed by atoms with Gasteiger partial charge in [0.05, 0.1) is 20.8 Å². The number of para-hydroxylation sites is 3. The highest BCUT2D eigenvalue weighted by molar-refractivity contribution is 6.01. The lowest BCUT2D eigenvalue weighted by Crippen LogP contribution is -2.33. The predicted molar refractivity (Wildman–Crippen MR) is 124 cm³/mol. The number of esters is 1. The molecule has 0 spiro atoms. The Kier molecular flexibility index (Phi) is 6.77. The number of aromatic nitrogens is 1. The molecule has 0 saturated carbocycles. The van der Waals surface area contributed by atoms with E-state index < -0.39 is 5.97 Å². The average molecular weight is 466 g/mol. The molecule has 0 fully saturated rings. The quantitative estimate of drug-likeness (QED) is 0.367. The van der Waals surface area contributed by atoms with E-state index in [0.29, 0.717) is 30.2 Å². The lowest BCUT2D eigenvalue weighted by molar-refractivity contribution is 0.0470. The number of methoxy groups -OCH3 is 2. The second-order valence-electron chi connectivity index (χ2n) is 7.93. The van der Waals surface area contributed by atoms with Crippen LogP contribution in [0, 0.1) is 13.8 Å². The highest BCUT2D eigenvalue weighted by atomic mass is 16.6. The van der Waals surface area contributed by atoms with E-state index in [2.05, 4.69) is 0 Å². The van der Waals surface area contributed by atoms with Gasteiger partial charge in [-0.05, 0) is 44.2 Å². The van der Waals surface area contributed by atoms with Crippen molar-refractivity contribution in [3.8, 4) is 23.0 Å². The molecule has 0 aliphatic carbocycles. The minimum Gasteiger partial charge on any atom is -0.493 e. The summed E-state index contributed by atoms with van der Waals surface area (Å²) in [5.74, 6) is 1.15. The highest BCUT2D eigenvalue weighted by Crippen LogP contribution is 2.32. The van der Waals surface area contributed by atoms with Crippen LogP contribution in [0.25, 0.3) is 0 Å². The number of nitrogens with zero attached hydrogens (tertiary/aromatic N) is 1. The minimum atomic E-state index is -0.663. The summed E-state index contributed by atoms with van der Waals surface area (Å²) in [6.45, 7) is 4.34. The third-order valence-electron chi connectivity index (χ3n) is 5.79. The standard InChI is InChI=1S/C26H27NO7/c1-16-12-20(17(2)27(16)13-18-14-32-22-9-5-6-10-23(22)34-18)21(28)15-33-26(29)19-8-7-11-24(30-3)25(19)31-4/h5-12,18H,13-15H2,1-4H3. The molecular weight excluding hydrogens is 438 g/mol. The molecule has 2 heterocycles. The lowest BCUT2D eigenvalue weighted by Gasteiger charge is -2.27. The molecule has 0 radical (unpaired) electrons. The van der Waals surface area contributed by atoms with E-state index in [1.54, 1.807) is 24.3 Å². The number of carbonyl (C=O) groups excluding carboxylic acids is 2. The topological polar surface area (TPSA) is 85.2 Å². The Bertz CT molecular complexity index is 1210. The van der Waals surface area contributed by atoms with E-state index in [9.17, 15) is 9.59 Å². The second kappa shape index (κ2) is 9.91. The van der Waals surface area contributed by atoms with Gasteiger partial charge < -0.3 is 28.3 Å². The molecule has 1 unspecified atom stereocenters. The predicted octanol–water partition coefficient (Wildman–Crippen LogP) is 4.00. The zero-order chi connectivity index (χ0) is 24.2. The summed E-state index contributed by atoms with van der Waals surface area (Å²) in [7, 11) is 2.92. The van der Waals surface area contributed by atoms with Crippen molar-refractivity contribution in [2.24, 2.45) is 0 Å². The zero-order valence-corrected chi connectivity index (χ0v) is 19.6. The van der Waals surface area contributed by atoms with Gasteiger partial charge in [0, 0.05) is 17.0 Å². The summed E-state index contributed by atoms with van der Waals surface area (Å²) in [5.41, 5.74) is 2.37. The van der Waals surface area contributed by atoms with Crippen molar-refractivity contribution in [2.45, 2.75) is 26.5 Å². The number of Topliss-reactive ketones (excluding diaryl/α,β-unsaturated/α-hetero) is 1. The number of rotatable bonds is 8. The Hall–Kier alpha value is -3.94. The van der Waals surface area contributed by atoms with Crippen molar-refractivity contribution < 1.29 is 33.3 Å². The number of benzene rings is 2. The van der Waals surface area contributed by atoms with Crippen LogP contribution in [0.1, 0.15) is 32.1 Å². The zero-order valence-electron chi connectivity index (χ0n) is 19.6. The maximum Gasteiger partial charge on any atom is 0.342 e. The van der Waals surface area contributed by atoms with Crippen LogP contribution in [0.4, 0.5) is 0 Å². The van der Waals surface area contributed by atoms with Gasteiger partial charge in [0.2, 0.25) is 5.78 Å². The van der Waals surface area contributed by atoms with E-state index >= 15 is 0 Å². The van der Waals surface area contributed by atoms with Crippen molar-refractivity contribution in [3.63, 3.8) is 0 Å². The largest absolute Gasteiger partial charge is 0.493 e. The monoisotopic (exact) mass is 465 g/mol. The number of carbonyl (C=O) groups is 2. The molecule has 0 amide bonds. The van der Waals surface area contributed by atoms with Gasteiger partial charge in [0.25, 0.3) is 0 Å². The molecule has 8 nitrogen and oxygen atoms in total. The highest BCUT2D eigenvalue weighted by Gasteiger charge is 2.25. The summed E-state index contributed by atoms with van der Waals surface area (Å²) in [6.07, 6.45) is -0.194. The molecule has 0 N–H and O–H groups in total. The number of ketones is 1. The van der Waals surface area contributed by atoms with Crippen molar-refractivity contribution in [1.82, 2.24) is 4.57 Å². The summed E-state index contributed by atoms with van der Waals surface area (Å²) < 4.78 is 29.7. The van der Waals surface area contributed by atoms with E-state index in [4.69, 9.17) is 23.7 Å². The van der Waals surface area contributed by atoms with Gasteiger partial charge >= 0.3 is 5.97 Å². The number of ether oxygens (including phenoxy) is 5. The average Bonchev–Trinajstić information content (AvgIpc) is 3.14. The number of hydrogen-bond acceptors (Lipinski definition) is 7. The van der Waals surface area contributed by atoms with Crippen LogP contribution in [0.5, 0.6) is 23.0 Å². The molecular formula is C26H27NO7. The minimum absolute atomic E-state index is 0.190. The summed E-state index contributed by atoms with van der Waals surface area (Å²) in [4.78, 5) is 25.5. The summed E-state index contributed by atoms with van der Waals surface area (Å²) in [5, 5.41) is 0. The lowest BCUT2D eigenvalue weighted by atomic mass is 10.1. The Morgan fingerprint density at radius 2 is 1.76 bits per heavy atom. The van der Waals surface area contributed by atoms with E-state index in [-0.39, 0.29) is 29.8 Å². The summed E-state index contributed by atoms with van der Waals surface area (Å²) >= 11 is 0. The normalized spacial score (nSPS) is 14.4. The van der Waals surface area contributed by atoms with Crippen molar-refractivity contribution in [2.75, 3.05) is 27.4 Å². The molecule has 3 aromatic rings. The van der Waals surface area contributed by atoms with Crippen LogP contribution in [-0.4, -0.2) is 49.9 Å². The molecule has 2 aromatic carbocycles. The molecule has 178 valence electrons. The van der Waals surface area contributed by atoms with Gasteiger partial charge in [0.15, 0.2) is 35.7 Å². The fourth-order valence-electron chi connectivity index (χ4n) is 4.06. The van der Waals surface area contributed by atoms with Crippen molar-refractivity contribution in [3.05, 3.63) is 71.0 Å². The van der Waals surface area contributed by atoms with Crippen LogP contribution in [0.15, 0.2) is 48.5 Å². The van der Waals surface area contributed by atoms with E-state index in [1.807, 2.05) is 42.7 Å². The molecule has 34 heavy (non-hydrogen) atoms. The smallest absolute Gasteiger partial charge is 0.342 e. The molecule has 0 saturated heterocycles. The molecule has 1 atom stereocenters. The molecule has 0 bridgehead atoms. The fraction of sp³-hybridized carbons (Fsp3) is 0.308. The second-order valence-corrected chi connectivity index (χ2v) is 7.93. The van der Waals surface area contributed by atoms with Crippen LogP contribution < -0.4 is 18.9 Å². The van der Waals surface area contributed by atoms with Gasteiger partial charge in [-0.25, -0.2) is 4.79 Å². The molecule has 4 rings (SSSR count). The molecule has 8 heteroatoms. The molecule has 1 aliphatic rings. The number of aryl methyl sites for hydroxylation is 1. The van der Waals surface area contributed by atoms with Crippen molar-refractivity contribution >= 4 is 11.8 Å². The third kappa shape index (κ3) is 4.57. The summed E-state index contributed by atoms with van der Waals surface area (Å²) in [6, 6.07) is 14.2. The Balaban J connectivity index is 1.43. The Morgan fingerprint density at radius 3 is 2.50 bits per heavy atom. The maximum absolute atomic E-state index is 12.9. The van der Waals surface area contributed by atoms with Gasteiger partial charge in [-0.2, -0.15) is 0 Å². The fourth-order valence-corrected chi connectivity index (χ4v) is 4.06. The first-order valence-electron chi connectivity index (χ1n) is 10.9. The van der Waals surface area contributed by atoms with E-state index in [0.717, 1.165) is 17.1 Å². The Labute approximate surface area is 197 Å². The first kappa shape index (κ1) is 23.2. The van der Waals surface area contributed by atoms with Crippen LogP contribution >= 0.6 is 0 Å². The molecule has 1 aromatic heterocycles. The third-order valence-corrected chi connectivity index (χ3v) is 5.79. The number of hydrogen-bond donors (Lipinski definition) is 0. The first-order valence-corrected chi connectivity index (χ1v) is 10.9. The first-order chi connectivity index (χ1) is 16.4. The van der Waals surface area contributed by atoms with Crippen molar-refractivity contribution in [1.29, 1.82) is 0 Å². The maximum atomic E-state index is 12.9. The molecule has 1 aliphatic heterocycles. The van der Waals surface area contributed by atoms with Crippen LogP contribution in [0.2, 0.25) is 0 Å². The number of fused-ring (bicyclic) bond motifs is 1. The SMILES string of the molecule is COc1cccc(C(=O)OCC(=O)c2cc(C)n(CC3COc4ccccc4O3)c2C)c1OC. The van der Waals surface area contributed by atoms with Gasteiger partial charge in [0.1, 0.15) is 12.2 Å². The van der Waals surface area contributed by atoms with Gasteiger partial charge in [-0.3, -0.25) is 4.79 Å².